The molecule has 0 aliphatic carbocycles. The van der Waals surface area contributed by atoms with E-state index in [1.54, 1.807) is 0 Å². The van der Waals surface area contributed by atoms with E-state index in [2.05, 4.69) is 31.0 Å². The molecule has 0 unspecified atom stereocenters. The van der Waals surface area contributed by atoms with E-state index in [-0.39, 0.29) is 16.0 Å². The van der Waals surface area contributed by atoms with Crippen LogP contribution in [0.4, 0.5) is 0 Å². The molecule has 1 atom stereocenters. The number of carboxylic acid groups (broad SMARTS) is 1. The summed E-state index contributed by atoms with van der Waals surface area (Å²) in [5.74, 6) is -1.21. The highest BCUT2D eigenvalue weighted by atomic mass is 79.9. The van der Waals surface area contributed by atoms with E-state index >= 15 is 0 Å². The summed E-state index contributed by atoms with van der Waals surface area (Å²) in [7, 11) is -2.58. The molecule has 0 aromatic carbocycles. The minimum atomic E-state index is -3.99. The molecule has 8 nitrogen and oxygen atoms in total. The molecular weight excluding hydrogens is 340 g/mol. The summed E-state index contributed by atoms with van der Waals surface area (Å²) in [4.78, 5) is 11.0. The van der Waals surface area contributed by atoms with Gasteiger partial charge in [0.25, 0.3) is 10.0 Å². The number of carboxylic acids is 1. The van der Waals surface area contributed by atoms with E-state index < -0.39 is 22.0 Å². The number of carbonyl (C=O) groups is 1. The predicted molar refractivity (Wildman–Crippen MR) is 70.0 cm³/mol. The monoisotopic (exact) mass is 354 g/mol. The van der Waals surface area contributed by atoms with E-state index in [0.717, 1.165) is 11.1 Å². The lowest BCUT2D eigenvalue weighted by Crippen LogP contribution is -2.41. The lowest BCUT2D eigenvalue weighted by molar-refractivity contribution is -0.139. The number of unbranched alkanes of at least 4 members (excludes halogenated alkanes) is 1. The van der Waals surface area contributed by atoms with Gasteiger partial charge in [0.15, 0.2) is 4.60 Å². The molecule has 0 bridgehead atoms. The van der Waals surface area contributed by atoms with Crippen LogP contribution < -0.4 is 4.72 Å². The van der Waals surface area contributed by atoms with Crippen LogP contribution in [-0.4, -0.2) is 40.5 Å². The van der Waals surface area contributed by atoms with Gasteiger partial charge in [-0.15, -0.1) is 5.10 Å². The number of halogens is 1. The quantitative estimate of drug-likeness (QED) is 0.736. The first-order valence-corrected chi connectivity index (χ1v) is 7.87. The van der Waals surface area contributed by atoms with Crippen LogP contribution in [-0.2, 0) is 21.9 Å². The maximum Gasteiger partial charge on any atom is 0.321 e. The van der Waals surface area contributed by atoms with Crippen molar-refractivity contribution in [3.05, 3.63) is 4.60 Å². The van der Waals surface area contributed by atoms with Gasteiger partial charge in [-0.2, -0.15) is 4.72 Å². The molecule has 0 fully saturated rings. The Morgan fingerprint density at radius 3 is 2.63 bits per heavy atom. The Labute approximate surface area is 119 Å². The largest absolute Gasteiger partial charge is 0.480 e. The van der Waals surface area contributed by atoms with Gasteiger partial charge in [0.1, 0.15) is 6.04 Å². The number of rotatable bonds is 7. The Kier molecular flexibility index (Phi) is 5.44. The van der Waals surface area contributed by atoms with Crippen LogP contribution in [0.1, 0.15) is 26.2 Å². The van der Waals surface area contributed by atoms with Gasteiger partial charge in [0.05, 0.1) is 0 Å². The molecule has 0 aliphatic rings. The van der Waals surface area contributed by atoms with Gasteiger partial charge in [-0.25, -0.2) is 13.1 Å². The van der Waals surface area contributed by atoms with Crippen molar-refractivity contribution in [2.24, 2.45) is 7.05 Å². The fraction of sp³-hybridized carbons (Fsp3) is 0.667. The zero-order chi connectivity index (χ0) is 14.6. The predicted octanol–water partition coefficient (Wildman–Crippen LogP) is 0.499. The molecule has 19 heavy (non-hydrogen) atoms. The third-order valence-electron chi connectivity index (χ3n) is 2.43. The smallest absolute Gasteiger partial charge is 0.321 e. The van der Waals surface area contributed by atoms with Gasteiger partial charge in [0.2, 0.25) is 5.03 Å². The molecule has 1 rings (SSSR count). The van der Waals surface area contributed by atoms with Crippen LogP contribution in [0.15, 0.2) is 9.63 Å². The second kappa shape index (κ2) is 6.44. The average molecular weight is 355 g/mol. The van der Waals surface area contributed by atoms with Crippen molar-refractivity contribution in [1.29, 1.82) is 0 Å². The number of nitrogens with zero attached hydrogens (tertiary/aromatic N) is 3. The fourth-order valence-corrected chi connectivity index (χ4v) is 3.81. The number of hydrogen-bond acceptors (Lipinski definition) is 5. The van der Waals surface area contributed by atoms with Gasteiger partial charge in [-0.05, 0) is 22.4 Å². The van der Waals surface area contributed by atoms with Crippen molar-refractivity contribution in [2.75, 3.05) is 0 Å². The highest BCUT2D eigenvalue weighted by Crippen LogP contribution is 2.18. The van der Waals surface area contributed by atoms with Crippen molar-refractivity contribution in [2.45, 2.75) is 37.3 Å². The van der Waals surface area contributed by atoms with Crippen LogP contribution in [0, 0.1) is 0 Å². The lowest BCUT2D eigenvalue weighted by Gasteiger charge is -2.14. The molecule has 2 N–H and O–H groups in total. The lowest BCUT2D eigenvalue weighted by atomic mass is 10.1. The summed E-state index contributed by atoms with van der Waals surface area (Å²) in [6.45, 7) is 1.90. The highest BCUT2D eigenvalue weighted by molar-refractivity contribution is 9.10. The molecule has 0 radical (unpaired) electrons. The number of sulfonamides is 1. The molecule has 108 valence electrons. The molecule has 0 amide bonds. The molecule has 0 spiro atoms. The Morgan fingerprint density at radius 2 is 2.21 bits per heavy atom. The molecule has 1 aromatic heterocycles. The van der Waals surface area contributed by atoms with E-state index in [1.165, 1.54) is 7.05 Å². The van der Waals surface area contributed by atoms with Crippen LogP contribution in [0.5, 0.6) is 0 Å². The second-order valence-corrected chi connectivity index (χ2v) is 6.34. The number of aryl methyl sites for hydroxylation is 1. The molecule has 0 saturated carbocycles. The van der Waals surface area contributed by atoms with E-state index in [0.29, 0.717) is 6.42 Å². The third-order valence-corrected chi connectivity index (χ3v) is 4.79. The van der Waals surface area contributed by atoms with Gasteiger partial charge in [0, 0.05) is 7.05 Å². The highest BCUT2D eigenvalue weighted by Gasteiger charge is 2.29. The first-order valence-electron chi connectivity index (χ1n) is 5.60. The normalized spacial score (nSPS) is 13.4. The van der Waals surface area contributed by atoms with Crippen molar-refractivity contribution >= 4 is 31.9 Å². The van der Waals surface area contributed by atoms with Crippen LogP contribution in [0.3, 0.4) is 0 Å². The molecule has 0 saturated heterocycles. The summed E-state index contributed by atoms with van der Waals surface area (Å²) >= 11 is 2.97. The molecular formula is C9H15BrN4O4S. The molecule has 1 heterocycles. The molecule has 1 aromatic rings. The number of aromatic nitrogens is 3. The molecule has 10 heteroatoms. The first kappa shape index (κ1) is 16.1. The first-order chi connectivity index (χ1) is 8.79. The number of aliphatic carboxylic acids is 1. The van der Waals surface area contributed by atoms with Crippen LogP contribution in [0.2, 0.25) is 0 Å². The molecule has 0 aliphatic heterocycles. The van der Waals surface area contributed by atoms with Gasteiger partial charge in [-0.3, -0.25) is 4.79 Å². The summed E-state index contributed by atoms with van der Waals surface area (Å²) < 4.78 is 27.5. The maximum atomic E-state index is 12.1. The third kappa shape index (κ3) is 3.98. The van der Waals surface area contributed by atoms with Crippen molar-refractivity contribution in [3.63, 3.8) is 0 Å². The van der Waals surface area contributed by atoms with Gasteiger partial charge < -0.3 is 5.11 Å². The van der Waals surface area contributed by atoms with Crippen LogP contribution >= 0.6 is 15.9 Å². The number of hydrogen-bond donors (Lipinski definition) is 2. The minimum Gasteiger partial charge on any atom is -0.480 e. The average Bonchev–Trinajstić information content (AvgIpc) is 2.64. The topological polar surface area (TPSA) is 114 Å². The SMILES string of the molecule is CCCC[C@H](NS(=O)(=O)c1c(Br)nnn1C)C(=O)O. The van der Waals surface area contributed by atoms with E-state index in [1.807, 2.05) is 6.92 Å². The van der Waals surface area contributed by atoms with Crippen molar-refractivity contribution in [1.82, 2.24) is 19.7 Å². The Balaban J connectivity index is 2.98. The number of nitrogens with one attached hydrogen (secondary N) is 1. The van der Waals surface area contributed by atoms with Crippen LogP contribution in [0.25, 0.3) is 0 Å². The van der Waals surface area contributed by atoms with Gasteiger partial charge in [-0.1, -0.05) is 25.0 Å². The Morgan fingerprint density at radius 1 is 1.58 bits per heavy atom. The van der Waals surface area contributed by atoms with E-state index in [9.17, 15) is 13.2 Å². The Bertz CT molecular complexity index is 537. The van der Waals surface area contributed by atoms with Gasteiger partial charge >= 0.3 is 5.97 Å². The summed E-state index contributed by atoms with van der Waals surface area (Å²) in [5, 5.41) is 15.9. The van der Waals surface area contributed by atoms with E-state index in [4.69, 9.17) is 5.11 Å². The second-order valence-electron chi connectivity index (χ2n) is 3.96. The Hall–Kier alpha value is -1.00. The summed E-state index contributed by atoms with van der Waals surface area (Å²) in [5.41, 5.74) is 0. The van der Waals surface area contributed by atoms with Crippen molar-refractivity contribution in [3.8, 4) is 0 Å². The summed E-state index contributed by atoms with van der Waals surface area (Å²) in [6, 6.07) is -1.16. The van der Waals surface area contributed by atoms with Crippen molar-refractivity contribution < 1.29 is 18.3 Å². The standard InChI is InChI=1S/C9H15BrN4O4S/c1-3-4-5-6(9(15)16)12-19(17,18)8-7(10)11-13-14(8)2/h6,12H,3-5H2,1-2H3,(H,15,16)/t6-/m0/s1. The maximum absolute atomic E-state index is 12.1. The fourth-order valence-electron chi connectivity index (χ4n) is 1.49. The zero-order valence-corrected chi connectivity index (χ0v) is 12.9. The minimum absolute atomic E-state index is 0.0436. The zero-order valence-electron chi connectivity index (χ0n) is 10.5. The summed E-state index contributed by atoms with van der Waals surface area (Å²) in [6.07, 6.45) is 1.63.